The third kappa shape index (κ3) is 3.79. The zero-order chi connectivity index (χ0) is 18.7. The number of nitro groups is 1. The molecule has 0 spiro atoms. The molecule has 1 N–H and O–H groups in total. The van der Waals surface area contributed by atoms with Gasteiger partial charge in [-0.15, -0.1) is 0 Å². The Morgan fingerprint density at radius 2 is 2.12 bits per heavy atom. The van der Waals surface area contributed by atoms with Gasteiger partial charge >= 0.3 is 0 Å². The first-order valence-corrected chi connectivity index (χ1v) is 8.57. The molecule has 8 heteroatoms. The van der Waals surface area contributed by atoms with Crippen molar-refractivity contribution < 1.29 is 9.45 Å². The van der Waals surface area contributed by atoms with Crippen molar-refractivity contribution in [1.29, 1.82) is 0 Å². The fraction of sp³-hybridized carbons (Fsp3) is 0.389. The third-order valence-electron chi connectivity index (χ3n) is 4.03. The molecule has 0 aliphatic rings. The van der Waals surface area contributed by atoms with E-state index in [0.29, 0.717) is 24.4 Å². The molecular formula is C18H21N5O3. The quantitative estimate of drug-likeness (QED) is 0.388. The Morgan fingerprint density at radius 3 is 2.81 bits per heavy atom. The van der Waals surface area contributed by atoms with Gasteiger partial charge in [0.05, 0.1) is 4.92 Å². The summed E-state index contributed by atoms with van der Waals surface area (Å²) in [6.45, 7) is 6.55. The zero-order valence-corrected chi connectivity index (χ0v) is 15.0. The van der Waals surface area contributed by atoms with Crippen LogP contribution in [0.15, 0.2) is 28.8 Å². The molecule has 1 aromatic carbocycles. The second-order valence-electron chi connectivity index (χ2n) is 6.47. The predicted molar refractivity (Wildman–Crippen MR) is 98.3 cm³/mol. The molecule has 0 saturated carbocycles. The third-order valence-corrected chi connectivity index (χ3v) is 4.03. The minimum atomic E-state index is -0.402. The molecular weight excluding hydrogens is 334 g/mol. The molecule has 0 atom stereocenters. The molecule has 2 aromatic heterocycles. The number of nitrogens with zero attached hydrogens (tertiary/aromatic N) is 4. The van der Waals surface area contributed by atoms with E-state index >= 15 is 0 Å². The van der Waals surface area contributed by atoms with Crippen LogP contribution in [0.4, 0.5) is 11.4 Å². The maximum atomic E-state index is 11.2. The van der Waals surface area contributed by atoms with Crippen LogP contribution in [-0.4, -0.2) is 26.6 Å². The number of aryl methyl sites for hydroxylation is 2. The van der Waals surface area contributed by atoms with E-state index in [9.17, 15) is 10.1 Å². The fourth-order valence-corrected chi connectivity index (χ4v) is 2.72. The largest absolute Gasteiger partial charge is 0.384 e. The van der Waals surface area contributed by atoms with Gasteiger partial charge in [-0.3, -0.25) is 10.1 Å². The van der Waals surface area contributed by atoms with Crippen LogP contribution in [0.25, 0.3) is 10.9 Å². The summed E-state index contributed by atoms with van der Waals surface area (Å²) in [6.07, 6.45) is 1.48. The lowest BCUT2D eigenvalue weighted by atomic mass is 10.1. The number of non-ortho nitro benzene ring substituents is 1. The van der Waals surface area contributed by atoms with Gasteiger partial charge in [-0.05, 0) is 19.4 Å². The molecule has 26 heavy (non-hydrogen) atoms. The average Bonchev–Trinajstić information content (AvgIpc) is 3.07. The topological polar surface area (TPSA) is 107 Å². The van der Waals surface area contributed by atoms with E-state index in [0.717, 1.165) is 29.0 Å². The highest BCUT2D eigenvalue weighted by atomic mass is 16.6. The highest BCUT2D eigenvalue weighted by Gasteiger charge is 2.15. The number of aromatic nitrogens is 3. The maximum absolute atomic E-state index is 11.2. The summed E-state index contributed by atoms with van der Waals surface area (Å²) < 4.78 is 5.24. The number of rotatable bonds is 7. The Hall–Kier alpha value is -3.03. The van der Waals surface area contributed by atoms with E-state index in [1.165, 1.54) is 6.07 Å². The van der Waals surface area contributed by atoms with Crippen LogP contribution < -0.4 is 5.32 Å². The van der Waals surface area contributed by atoms with Crippen LogP contribution in [-0.2, 0) is 6.42 Å². The van der Waals surface area contributed by atoms with Gasteiger partial charge in [0.1, 0.15) is 0 Å². The van der Waals surface area contributed by atoms with Crippen molar-refractivity contribution >= 4 is 22.3 Å². The lowest BCUT2D eigenvalue weighted by Crippen LogP contribution is -2.05. The molecule has 8 nitrogen and oxygen atoms in total. The lowest BCUT2D eigenvalue weighted by Gasteiger charge is -2.10. The Kier molecular flexibility index (Phi) is 5.11. The van der Waals surface area contributed by atoms with Crippen LogP contribution in [0, 0.1) is 17.0 Å². The number of para-hydroxylation sites is 1. The van der Waals surface area contributed by atoms with Gasteiger partial charge in [0.25, 0.3) is 5.69 Å². The van der Waals surface area contributed by atoms with Gasteiger partial charge in [-0.25, -0.2) is 4.98 Å². The monoisotopic (exact) mass is 355 g/mol. The summed E-state index contributed by atoms with van der Waals surface area (Å²) in [6, 6.07) is 6.88. The second-order valence-corrected chi connectivity index (χ2v) is 6.47. The molecule has 136 valence electrons. The van der Waals surface area contributed by atoms with E-state index in [-0.39, 0.29) is 11.6 Å². The predicted octanol–water partition coefficient (Wildman–Crippen LogP) is 4.00. The minimum absolute atomic E-state index is 0.0151. The molecule has 0 aliphatic heterocycles. The summed E-state index contributed by atoms with van der Waals surface area (Å²) in [5.74, 6) is 1.59. The van der Waals surface area contributed by atoms with E-state index in [1.54, 1.807) is 6.07 Å². The normalized spacial score (nSPS) is 11.2. The van der Waals surface area contributed by atoms with Gasteiger partial charge in [0.15, 0.2) is 11.3 Å². The van der Waals surface area contributed by atoms with E-state index in [2.05, 4.69) is 20.4 Å². The second kappa shape index (κ2) is 7.47. The zero-order valence-electron chi connectivity index (χ0n) is 15.0. The first-order chi connectivity index (χ1) is 12.5. The van der Waals surface area contributed by atoms with Gasteiger partial charge < -0.3 is 9.84 Å². The lowest BCUT2D eigenvalue weighted by molar-refractivity contribution is -0.383. The highest BCUT2D eigenvalue weighted by Crippen LogP contribution is 2.29. The number of nitrogens with one attached hydrogen (secondary N) is 1. The van der Waals surface area contributed by atoms with E-state index in [4.69, 9.17) is 4.52 Å². The van der Waals surface area contributed by atoms with Crippen LogP contribution in [0.2, 0.25) is 0 Å². The minimum Gasteiger partial charge on any atom is -0.384 e. The van der Waals surface area contributed by atoms with Crippen molar-refractivity contribution in [2.24, 2.45) is 0 Å². The van der Waals surface area contributed by atoms with Crippen molar-refractivity contribution in [2.75, 3.05) is 11.9 Å². The Bertz CT molecular complexity index is 936. The Morgan fingerprint density at radius 1 is 1.31 bits per heavy atom. The number of fused-ring (bicyclic) bond motifs is 1. The van der Waals surface area contributed by atoms with Gasteiger partial charge in [-0.1, -0.05) is 31.1 Å². The van der Waals surface area contributed by atoms with Crippen molar-refractivity contribution in [3.05, 3.63) is 51.8 Å². The molecule has 0 amide bonds. The molecule has 2 heterocycles. The summed E-state index contributed by atoms with van der Waals surface area (Å²) in [4.78, 5) is 19.5. The molecule has 3 rings (SSSR count). The summed E-state index contributed by atoms with van der Waals surface area (Å²) in [5.41, 5.74) is 1.98. The van der Waals surface area contributed by atoms with Crippen molar-refractivity contribution in [3.63, 3.8) is 0 Å². The molecule has 0 bridgehead atoms. The first kappa shape index (κ1) is 17.8. The number of pyridine rings is 1. The summed E-state index contributed by atoms with van der Waals surface area (Å²) in [5, 5.41) is 19.3. The number of hydrogen-bond donors (Lipinski definition) is 1. The molecule has 3 aromatic rings. The molecule has 0 fully saturated rings. The summed E-state index contributed by atoms with van der Waals surface area (Å²) in [7, 11) is 0. The SMILES string of the molecule is Cc1cc(NCCCc2nc(C(C)C)no2)c2cccc([N+](=O)[O-])c2n1. The van der Waals surface area contributed by atoms with Crippen LogP contribution in [0.1, 0.15) is 43.6 Å². The molecule has 0 unspecified atom stereocenters. The molecule has 0 radical (unpaired) electrons. The van der Waals surface area contributed by atoms with Crippen molar-refractivity contribution in [2.45, 2.75) is 39.5 Å². The maximum Gasteiger partial charge on any atom is 0.295 e. The highest BCUT2D eigenvalue weighted by molar-refractivity contribution is 5.96. The Labute approximate surface area is 150 Å². The number of nitro benzene ring substituents is 1. The van der Waals surface area contributed by atoms with Gasteiger partial charge in [0.2, 0.25) is 5.89 Å². The van der Waals surface area contributed by atoms with Crippen molar-refractivity contribution in [1.82, 2.24) is 15.1 Å². The van der Waals surface area contributed by atoms with E-state index < -0.39 is 4.92 Å². The number of anilines is 1. The van der Waals surface area contributed by atoms with Crippen LogP contribution in [0.5, 0.6) is 0 Å². The van der Waals surface area contributed by atoms with Crippen molar-refractivity contribution in [3.8, 4) is 0 Å². The van der Waals surface area contributed by atoms with Gasteiger partial charge in [0, 0.05) is 41.7 Å². The summed E-state index contributed by atoms with van der Waals surface area (Å²) >= 11 is 0. The van der Waals surface area contributed by atoms with E-state index in [1.807, 2.05) is 32.9 Å². The average molecular weight is 355 g/mol. The van der Waals surface area contributed by atoms with Gasteiger partial charge in [-0.2, -0.15) is 4.98 Å². The Balaban J connectivity index is 1.70. The van der Waals surface area contributed by atoms with Crippen LogP contribution in [0.3, 0.4) is 0 Å². The first-order valence-electron chi connectivity index (χ1n) is 8.57. The van der Waals surface area contributed by atoms with Crippen LogP contribution >= 0.6 is 0 Å². The molecule has 0 saturated heterocycles. The fourth-order valence-electron chi connectivity index (χ4n) is 2.72. The number of hydrogen-bond acceptors (Lipinski definition) is 7. The number of benzene rings is 1. The standard InChI is InChI=1S/C18H21N5O3/c1-11(2)18-21-16(26-22-18)8-5-9-19-14-10-12(3)20-17-13(14)6-4-7-15(17)23(24)25/h4,6-7,10-11H,5,8-9H2,1-3H3,(H,19,20). The smallest absolute Gasteiger partial charge is 0.295 e. The molecule has 0 aliphatic carbocycles.